The summed E-state index contributed by atoms with van der Waals surface area (Å²) in [6.07, 6.45) is 1.69. The van der Waals surface area contributed by atoms with Gasteiger partial charge in [-0.25, -0.2) is 4.98 Å². The summed E-state index contributed by atoms with van der Waals surface area (Å²) in [5, 5.41) is 9.42. The van der Waals surface area contributed by atoms with Crippen LogP contribution in [0, 0.1) is 6.92 Å². The number of thioether (sulfide) groups is 1. The molecule has 2 aromatic carbocycles. The van der Waals surface area contributed by atoms with Gasteiger partial charge in [-0.05, 0) is 36.8 Å². The minimum Gasteiger partial charge on any atom is -0.497 e. The maximum absolute atomic E-state index is 5.64. The zero-order chi connectivity index (χ0) is 19.3. The number of aryl methyl sites for hydroxylation is 1. The Kier molecular flexibility index (Phi) is 5.43. The zero-order valence-electron chi connectivity index (χ0n) is 15.7. The maximum Gasteiger partial charge on any atom is 0.226 e. The van der Waals surface area contributed by atoms with Gasteiger partial charge in [0.25, 0.3) is 0 Å². The molecule has 0 atom stereocenters. The van der Waals surface area contributed by atoms with Crippen LogP contribution in [0.5, 0.6) is 5.75 Å². The van der Waals surface area contributed by atoms with Crippen LogP contribution >= 0.6 is 11.8 Å². The summed E-state index contributed by atoms with van der Waals surface area (Å²) in [6.45, 7) is 2.72. The number of rotatable bonds is 7. The summed E-state index contributed by atoms with van der Waals surface area (Å²) >= 11 is 1.60. The molecule has 0 aliphatic rings. The van der Waals surface area contributed by atoms with Crippen molar-refractivity contribution in [2.75, 3.05) is 7.11 Å². The average Bonchev–Trinajstić information content (AvgIpc) is 3.35. The van der Waals surface area contributed by atoms with Crippen molar-refractivity contribution in [1.82, 2.24) is 19.7 Å². The quantitative estimate of drug-likeness (QED) is 0.429. The number of aromatic nitrogens is 4. The number of hydrogen-bond donors (Lipinski definition) is 0. The fraction of sp³-hybridized carbons (Fsp3) is 0.190. The summed E-state index contributed by atoms with van der Waals surface area (Å²) in [6, 6.07) is 18.0. The Labute approximate surface area is 167 Å². The van der Waals surface area contributed by atoms with E-state index in [1.807, 2.05) is 49.4 Å². The molecule has 0 aliphatic heterocycles. The van der Waals surface area contributed by atoms with Crippen molar-refractivity contribution >= 4 is 11.8 Å². The Morgan fingerprint density at radius 3 is 2.57 bits per heavy atom. The molecule has 7 heteroatoms. The smallest absolute Gasteiger partial charge is 0.226 e. The number of oxazole rings is 1. The third-order valence-electron chi connectivity index (χ3n) is 4.32. The van der Waals surface area contributed by atoms with Gasteiger partial charge in [0, 0.05) is 11.3 Å². The molecule has 2 aromatic heterocycles. The Balaban J connectivity index is 1.44. The molecule has 0 amide bonds. The molecule has 0 saturated carbocycles. The Hall–Kier alpha value is -3.06. The largest absolute Gasteiger partial charge is 0.497 e. The first-order chi connectivity index (χ1) is 13.7. The van der Waals surface area contributed by atoms with Crippen molar-refractivity contribution in [1.29, 1.82) is 0 Å². The molecule has 4 rings (SSSR count). The normalized spacial score (nSPS) is 10.9. The van der Waals surface area contributed by atoms with Gasteiger partial charge in [-0.3, -0.25) is 0 Å². The molecule has 0 N–H and O–H groups in total. The van der Waals surface area contributed by atoms with Crippen LogP contribution in [-0.4, -0.2) is 26.9 Å². The second-order valence-electron chi connectivity index (χ2n) is 6.26. The van der Waals surface area contributed by atoms with Crippen LogP contribution in [0.2, 0.25) is 0 Å². The van der Waals surface area contributed by atoms with Gasteiger partial charge in [-0.2, -0.15) is 0 Å². The predicted molar refractivity (Wildman–Crippen MR) is 108 cm³/mol. The second kappa shape index (κ2) is 8.31. The van der Waals surface area contributed by atoms with Crippen LogP contribution in [0.15, 0.2) is 70.4 Å². The van der Waals surface area contributed by atoms with Crippen molar-refractivity contribution < 1.29 is 9.15 Å². The summed E-state index contributed by atoms with van der Waals surface area (Å²) in [5.74, 6) is 2.96. The Bertz CT molecular complexity index is 1040. The highest BCUT2D eigenvalue weighted by atomic mass is 32.2. The van der Waals surface area contributed by atoms with E-state index < -0.39 is 0 Å². The standard InChI is InChI=1S/C21H20N4O2S/c1-15-23-24-21(25(15)12-16-6-4-3-5-7-16)28-14-18-13-27-20(22-18)17-8-10-19(26-2)11-9-17/h3-11,13H,12,14H2,1-2H3. The van der Waals surface area contributed by atoms with Gasteiger partial charge in [0.2, 0.25) is 5.89 Å². The monoisotopic (exact) mass is 392 g/mol. The molecule has 0 radical (unpaired) electrons. The van der Waals surface area contributed by atoms with Gasteiger partial charge in [0.1, 0.15) is 17.8 Å². The number of benzene rings is 2. The third kappa shape index (κ3) is 4.09. The second-order valence-corrected chi connectivity index (χ2v) is 7.21. The molecule has 0 spiro atoms. The third-order valence-corrected chi connectivity index (χ3v) is 5.32. The van der Waals surface area contributed by atoms with Crippen LogP contribution in [0.25, 0.3) is 11.5 Å². The predicted octanol–water partition coefficient (Wildman–Crippen LogP) is 4.59. The van der Waals surface area contributed by atoms with Crippen molar-refractivity contribution in [2.24, 2.45) is 0 Å². The molecule has 0 aliphatic carbocycles. The van der Waals surface area contributed by atoms with E-state index in [1.54, 1.807) is 25.1 Å². The number of ether oxygens (including phenoxy) is 1. The summed E-state index contributed by atoms with van der Waals surface area (Å²) < 4.78 is 12.9. The van der Waals surface area contributed by atoms with Gasteiger partial charge in [-0.15, -0.1) is 10.2 Å². The SMILES string of the molecule is COc1ccc(-c2nc(CSc3nnc(C)n3Cc3ccccc3)co2)cc1. The first kappa shape index (κ1) is 18.3. The lowest BCUT2D eigenvalue weighted by Crippen LogP contribution is -2.03. The van der Waals surface area contributed by atoms with Crippen LogP contribution in [0.3, 0.4) is 0 Å². The fourth-order valence-corrected chi connectivity index (χ4v) is 3.65. The lowest BCUT2D eigenvalue weighted by atomic mass is 10.2. The molecular formula is C21H20N4O2S. The van der Waals surface area contributed by atoms with E-state index in [4.69, 9.17) is 9.15 Å². The highest BCUT2D eigenvalue weighted by Crippen LogP contribution is 2.26. The minimum atomic E-state index is 0.597. The van der Waals surface area contributed by atoms with Gasteiger partial charge in [0.15, 0.2) is 5.16 Å². The topological polar surface area (TPSA) is 66.0 Å². The first-order valence-corrected chi connectivity index (χ1v) is 9.87. The van der Waals surface area contributed by atoms with E-state index in [0.717, 1.165) is 34.5 Å². The zero-order valence-corrected chi connectivity index (χ0v) is 16.5. The van der Waals surface area contributed by atoms with Gasteiger partial charge >= 0.3 is 0 Å². The van der Waals surface area contributed by atoms with Crippen LogP contribution < -0.4 is 4.74 Å². The molecule has 2 heterocycles. The van der Waals surface area contributed by atoms with E-state index in [-0.39, 0.29) is 0 Å². The lowest BCUT2D eigenvalue weighted by molar-refractivity contribution is 0.415. The summed E-state index contributed by atoms with van der Waals surface area (Å²) in [7, 11) is 1.65. The van der Waals surface area contributed by atoms with Crippen molar-refractivity contribution in [3.05, 3.63) is 77.9 Å². The molecule has 28 heavy (non-hydrogen) atoms. The van der Waals surface area contributed by atoms with Gasteiger partial charge < -0.3 is 13.7 Å². The van der Waals surface area contributed by atoms with E-state index in [0.29, 0.717) is 11.6 Å². The average molecular weight is 392 g/mol. The molecule has 0 unspecified atom stereocenters. The van der Waals surface area contributed by atoms with Gasteiger partial charge in [-0.1, -0.05) is 42.1 Å². The van der Waals surface area contributed by atoms with Gasteiger partial charge in [0.05, 0.1) is 19.3 Å². The molecule has 0 bridgehead atoms. The van der Waals surface area contributed by atoms with Crippen LogP contribution in [0.1, 0.15) is 17.1 Å². The highest BCUT2D eigenvalue weighted by molar-refractivity contribution is 7.98. The number of methoxy groups -OCH3 is 1. The molecule has 4 aromatic rings. The Morgan fingerprint density at radius 2 is 1.82 bits per heavy atom. The van der Waals surface area contributed by atoms with Crippen molar-refractivity contribution in [3.63, 3.8) is 0 Å². The van der Waals surface area contributed by atoms with E-state index in [2.05, 4.69) is 31.9 Å². The van der Waals surface area contributed by atoms with Crippen molar-refractivity contribution in [3.8, 4) is 17.2 Å². The first-order valence-electron chi connectivity index (χ1n) is 8.88. The molecular weight excluding hydrogens is 372 g/mol. The van der Waals surface area contributed by atoms with E-state index in [1.165, 1.54) is 5.56 Å². The summed E-state index contributed by atoms with van der Waals surface area (Å²) in [4.78, 5) is 4.59. The number of nitrogens with zero attached hydrogens (tertiary/aromatic N) is 4. The highest BCUT2D eigenvalue weighted by Gasteiger charge is 2.12. The molecule has 6 nitrogen and oxygen atoms in total. The fourth-order valence-electron chi connectivity index (χ4n) is 2.79. The molecule has 142 valence electrons. The van der Waals surface area contributed by atoms with Crippen molar-refractivity contribution in [2.45, 2.75) is 24.4 Å². The maximum atomic E-state index is 5.64. The minimum absolute atomic E-state index is 0.597. The Morgan fingerprint density at radius 1 is 1.04 bits per heavy atom. The number of hydrogen-bond acceptors (Lipinski definition) is 6. The van der Waals surface area contributed by atoms with Crippen LogP contribution in [0.4, 0.5) is 0 Å². The lowest BCUT2D eigenvalue weighted by Gasteiger charge is -2.07. The van der Waals surface area contributed by atoms with Crippen LogP contribution in [-0.2, 0) is 12.3 Å². The van der Waals surface area contributed by atoms with E-state index in [9.17, 15) is 0 Å². The van der Waals surface area contributed by atoms with E-state index >= 15 is 0 Å². The molecule has 0 fully saturated rings. The summed E-state index contributed by atoms with van der Waals surface area (Å²) in [5.41, 5.74) is 3.00. The molecule has 0 saturated heterocycles.